The maximum atomic E-state index is 13.4. The minimum absolute atomic E-state index is 0.00447. The zero-order chi connectivity index (χ0) is 42.7. The fourth-order valence-corrected chi connectivity index (χ4v) is 7.44. The Morgan fingerprint density at radius 1 is 1.03 bits per heavy atom. The van der Waals surface area contributed by atoms with E-state index in [0.717, 1.165) is 24.8 Å². The quantitative estimate of drug-likeness (QED) is 0.0823. The number of aryl methyl sites for hydroxylation is 1. The average Bonchev–Trinajstić information content (AvgIpc) is 3.92. The van der Waals surface area contributed by atoms with Gasteiger partial charge in [-0.05, 0) is 76.5 Å². The fourth-order valence-electron chi connectivity index (χ4n) is 7.44. The summed E-state index contributed by atoms with van der Waals surface area (Å²) in [5.74, 6) is -2.20. The normalized spacial score (nSPS) is 27.6. The van der Waals surface area contributed by atoms with Crippen LogP contribution in [0.25, 0.3) is 0 Å². The number of methoxy groups -OCH3 is 1. The molecule has 3 amide bonds. The number of anilines is 1. The third-order valence-electron chi connectivity index (χ3n) is 11.2. The molecule has 1 spiro atoms. The van der Waals surface area contributed by atoms with Crippen LogP contribution in [-0.4, -0.2) is 97.6 Å². The van der Waals surface area contributed by atoms with Gasteiger partial charge in [-0.2, -0.15) is 0 Å². The van der Waals surface area contributed by atoms with E-state index in [0.29, 0.717) is 24.3 Å². The van der Waals surface area contributed by atoms with Crippen LogP contribution in [0.1, 0.15) is 92.6 Å². The Bertz CT molecular complexity index is 1700. The number of nitrogens with zero attached hydrogens (tertiary/aromatic N) is 1. The monoisotopic (exact) mass is 808 g/mol. The molecule has 0 unspecified atom stereocenters. The van der Waals surface area contributed by atoms with Gasteiger partial charge in [0.2, 0.25) is 17.7 Å². The van der Waals surface area contributed by atoms with E-state index < -0.39 is 36.0 Å². The van der Waals surface area contributed by atoms with Crippen molar-refractivity contribution in [2.45, 2.75) is 148 Å². The van der Waals surface area contributed by atoms with Gasteiger partial charge in [-0.3, -0.25) is 28.9 Å². The zero-order valence-corrected chi connectivity index (χ0v) is 35.3. The van der Waals surface area contributed by atoms with Crippen molar-refractivity contribution in [3.8, 4) is 0 Å². The molecule has 3 aliphatic heterocycles. The molecule has 0 radical (unpaired) electrons. The van der Waals surface area contributed by atoms with E-state index in [2.05, 4.69) is 18.3 Å². The predicted molar refractivity (Wildman–Crippen MR) is 219 cm³/mol. The minimum atomic E-state index is -0.958. The van der Waals surface area contributed by atoms with Gasteiger partial charge in [0.05, 0.1) is 62.2 Å². The van der Waals surface area contributed by atoms with Gasteiger partial charge in [0.25, 0.3) is 0 Å². The number of hydrogen-bond donors (Lipinski definition) is 3. The zero-order valence-electron chi connectivity index (χ0n) is 35.3. The smallest absolute Gasteiger partial charge is 0.308 e. The summed E-state index contributed by atoms with van der Waals surface area (Å²) in [5, 5.41) is 3.04. The average molecular weight is 809 g/mol. The Balaban J connectivity index is 1.23. The summed E-state index contributed by atoms with van der Waals surface area (Å²) in [6.07, 6.45) is 11.2. The number of para-hydroxylation sites is 1. The van der Waals surface area contributed by atoms with E-state index in [1.54, 1.807) is 38.1 Å². The molecule has 3 fully saturated rings. The first-order valence-corrected chi connectivity index (χ1v) is 20.4. The van der Waals surface area contributed by atoms with E-state index in [1.807, 2.05) is 39.8 Å². The maximum absolute atomic E-state index is 13.4. The van der Waals surface area contributed by atoms with Crippen molar-refractivity contribution < 1.29 is 47.7 Å². The first kappa shape index (κ1) is 46.3. The molecular weight excluding hydrogens is 745 g/mol. The van der Waals surface area contributed by atoms with Crippen LogP contribution in [0, 0.1) is 11.8 Å². The molecule has 320 valence electrons. The van der Waals surface area contributed by atoms with Crippen molar-refractivity contribution in [1.82, 2.24) is 5.32 Å². The molecule has 10 atom stereocenters. The summed E-state index contributed by atoms with van der Waals surface area (Å²) in [6.45, 7) is 13.6. The largest absolute Gasteiger partial charge is 0.469 e. The van der Waals surface area contributed by atoms with Gasteiger partial charge in [-0.1, -0.05) is 62.8 Å². The molecule has 14 nitrogen and oxygen atoms in total. The van der Waals surface area contributed by atoms with Crippen molar-refractivity contribution in [2.75, 3.05) is 18.6 Å². The topological polar surface area (TPSA) is 202 Å². The van der Waals surface area contributed by atoms with Crippen LogP contribution in [0.5, 0.6) is 0 Å². The van der Waals surface area contributed by atoms with Crippen LogP contribution in [0.3, 0.4) is 0 Å². The van der Waals surface area contributed by atoms with Gasteiger partial charge in [-0.15, -0.1) is 0 Å². The minimum Gasteiger partial charge on any atom is -0.469 e. The molecule has 1 aromatic rings. The van der Waals surface area contributed by atoms with Gasteiger partial charge in [0, 0.05) is 31.0 Å². The Hall–Kier alpha value is -4.37. The molecule has 5 N–H and O–H groups in total. The van der Waals surface area contributed by atoms with Crippen molar-refractivity contribution in [3.05, 3.63) is 65.8 Å². The SMILES string of the molecule is COC(=O)C[C@@H]1C[C@@]2(CO2)C[C@@H](/C=C/C(C)=C/C[C@@H]2O[C@H](C)[C@H](NC(=O)/C=C\[C@H](C)OC(=O)CCc3ccccc3N(C(=O)[C@@H](N)C(C)C)[C@@H](C)C(N)=O)C[C@@H]2C)O1. The van der Waals surface area contributed by atoms with Crippen LogP contribution in [-0.2, 0) is 54.1 Å². The molecule has 58 heavy (non-hydrogen) atoms. The molecule has 0 bridgehead atoms. The number of carbonyl (C=O) groups is 5. The van der Waals surface area contributed by atoms with E-state index in [-0.39, 0.29) is 79.0 Å². The van der Waals surface area contributed by atoms with Crippen molar-refractivity contribution >= 4 is 35.3 Å². The Kier molecular flexibility index (Phi) is 16.8. The molecule has 1 aromatic carbocycles. The number of primary amides is 1. The number of epoxide rings is 1. The molecule has 0 saturated carbocycles. The summed E-state index contributed by atoms with van der Waals surface area (Å²) >= 11 is 0. The number of rotatable bonds is 18. The number of allylic oxidation sites excluding steroid dienone is 2. The van der Waals surface area contributed by atoms with Gasteiger partial charge in [0.1, 0.15) is 12.1 Å². The lowest BCUT2D eigenvalue weighted by atomic mass is 9.88. The van der Waals surface area contributed by atoms with Gasteiger partial charge >= 0.3 is 11.9 Å². The first-order chi connectivity index (χ1) is 27.4. The number of hydrogen-bond acceptors (Lipinski definition) is 11. The third kappa shape index (κ3) is 13.3. The molecule has 3 heterocycles. The fraction of sp³-hybridized carbons (Fsp3) is 0.614. The second-order valence-electron chi connectivity index (χ2n) is 16.4. The maximum Gasteiger partial charge on any atom is 0.308 e. The lowest BCUT2D eigenvalue weighted by Gasteiger charge is -2.39. The number of benzene rings is 1. The summed E-state index contributed by atoms with van der Waals surface area (Å²) in [4.78, 5) is 64.5. The first-order valence-electron chi connectivity index (χ1n) is 20.4. The van der Waals surface area contributed by atoms with Crippen LogP contribution in [0.2, 0.25) is 0 Å². The highest BCUT2D eigenvalue weighted by atomic mass is 16.6. The Morgan fingerprint density at radius 2 is 1.74 bits per heavy atom. The van der Waals surface area contributed by atoms with E-state index in [9.17, 15) is 24.0 Å². The number of carbonyl (C=O) groups excluding carboxylic acids is 5. The van der Waals surface area contributed by atoms with Crippen LogP contribution in [0.15, 0.2) is 60.2 Å². The molecule has 0 aliphatic carbocycles. The number of amides is 3. The predicted octanol–water partition coefficient (Wildman–Crippen LogP) is 4.37. The van der Waals surface area contributed by atoms with Crippen molar-refractivity contribution in [1.29, 1.82) is 0 Å². The summed E-state index contributed by atoms with van der Waals surface area (Å²) in [7, 11) is 1.38. The molecule has 3 aliphatic rings. The number of nitrogens with two attached hydrogens (primary N) is 2. The molecular formula is C44H64N4O10. The van der Waals surface area contributed by atoms with E-state index in [4.69, 9.17) is 35.2 Å². The Morgan fingerprint density at radius 3 is 2.40 bits per heavy atom. The summed E-state index contributed by atoms with van der Waals surface area (Å²) in [6, 6.07) is 4.99. The van der Waals surface area contributed by atoms with Gasteiger partial charge in [0.15, 0.2) is 0 Å². The molecule has 3 saturated heterocycles. The Labute approximate surface area is 343 Å². The highest BCUT2D eigenvalue weighted by Gasteiger charge is 2.51. The van der Waals surface area contributed by atoms with E-state index in [1.165, 1.54) is 24.2 Å². The van der Waals surface area contributed by atoms with Gasteiger partial charge < -0.3 is 40.5 Å². The molecule has 14 heteroatoms. The highest BCUT2D eigenvalue weighted by Crippen LogP contribution is 2.43. The number of esters is 2. The van der Waals surface area contributed by atoms with Crippen LogP contribution < -0.4 is 21.7 Å². The van der Waals surface area contributed by atoms with E-state index >= 15 is 0 Å². The second kappa shape index (κ2) is 21.1. The number of ether oxygens (including phenoxy) is 5. The van der Waals surface area contributed by atoms with Crippen molar-refractivity contribution in [3.63, 3.8) is 0 Å². The molecule has 4 rings (SSSR count). The lowest BCUT2D eigenvalue weighted by Crippen LogP contribution is -2.54. The summed E-state index contributed by atoms with van der Waals surface area (Å²) < 4.78 is 28.6. The lowest BCUT2D eigenvalue weighted by molar-refractivity contribution is -0.147. The number of nitrogens with one attached hydrogen (secondary N) is 1. The van der Waals surface area contributed by atoms with Crippen LogP contribution in [0.4, 0.5) is 5.69 Å². The molecule has 0 aromatic heterocycles. The second-order valence-corrected chi connectivity index (χ2v) is 16.4. The summed E-state index contributed by atoms with van der Waals surface area (Å²) in [5.41, 5.74) is 13.8. The van der Waals surface area contributed by atoms with Crippen molar-refractivity contribution in [2.24, 2.45) is 23.3 Å². The van der Waals surface area contributed by atoms with Crippen LogP contribution >= 0.6 is 0 Å². The standard InChI is InChI=1S/C44H64N4O10/c1-26(2)41(45)43(53)48(30(6)42(46)52)36-12-10-9-11-32(36)16-20-39(50)56-29(5)15-19-38(49)47-35-21-28(4)37(57-31(35)7)18-14-27(3)13-17-33-23-44(25-55-44)24-34(58-33)22-40(51)54-8/h9-15,17,19,26,28-31,33-35,37,41H,16,18,20-25,45H2,1-8H3,(H2,46,52)(H,47,49)/b17-13+,19-15-,27-14+/t28-,29-,30-,31+,33+,34+,35+,37-,41-,44+/m0/s1. The van der Waals surface area contributed by atoms with Gasteiger partial charge in [-0.25, -0.2) is 0 Å². The third-order valence-corrected chi connectivity index (χ3v) is 11.2. The highest BCUT2D eigenvalue weighted by molar-refractivity contribution is 6.03.